The average Bonchev–Trinajstić information content (AvgIpc) is 2.71. The van der Waals surface area contributed by atoms with Crippen LogP contribution in [0.2, 0.25) is 0 Å². The van der Waals surface area contributed by atoms with Crippen molar-refractivity contribution in [3.05, 3.63) is 18.2 Å². The van der Waals surface area contributed by atoms with Gasteiger partial charge >= 0.3 is 6.55 Å². The van der Waals surface area contributed by atoms with Gasteiger partial charge in [0.2, 0.25) is 0 Å². The molecule has 6 heteroatoms. The first-order valence-corrected chi connectivity index (χ1v) is 5.68. The normalized spacial score (nSPS) is 13.6. The van der Waals surface area contributed by atoms with Crippen LogP contribution in [0.25, 0.3) is 0 Å². The number of halogens is 2. The van der Waals surface area contributed by atoms with Gasteiger partial charge in [-0.15, -0.1) is 0 Å². The Bertz CT molecular complexity index is 328. The van der Waals surface area contributed by atoms with Crippen molar-refractivity contribution < 1.29 is 13.9 Å². The van der Waals surface area contributed by atoms with Gasteiger partial charge in [-0.25, -0.2) is 4.98 Å². The van der Waals surface area contributed by atoms with Crippen LogP contribution < -0.4 is 5.32 Å². The van der Waals surface area contributed by atoms with Crippen molar-refractivity contribution in [3.63, 3.8) is 0 Å². The highest BCUT2D eigenvalue weighted by molar-refractivity contribution is 4.92. The summed E-state index contributed by atoms with van der Waals surface area (Å²) in [4.78, 5) is 3.86. The Morgan fingerprint density at radius 3 is 2.71 bits per heavy atom. The average molecular weight is 247 g/mol. The molecule has 0 bridgehead atoms. The molecule has 4 nitrogen and oxygen atoms in total. The van der Waals surface area contributed by atoms with Crippen molar-refractivity contribution in [2.24, 2.45) is 5.92 Å². The van der Waals surface area contributed by atoms with Gasteiger partial charge in [0, 0.05) is 18.4 Å². The lowest BCUT2D eigenvalue weighted by Gasteiger charge is -2.18. The number of rotatable bonds is 7. The van der Waals surface area contributed by atoms with E-state index in [1.165, 1.54) is 12.4 Å². The van der Waals surface area contributed by atoms with E-state index < -0.39 is 6.55 Å². The molecule has 0 aliphatic carbocycles. The van der Waals surface area contributed by atoms with Gasteiger partial charge in [-0.05, 0) is 12.3 Å². The van der Waals surface area contributed by atoms with Crippen molar-refractivity contribution in [1.82, 2.24) is 14.9 Å². The second-order valence-corrected chi connectivity index (χ2v) is 4.42. The van der Waals surface area contributed by atoms with Gasteiger partial charge in [-0.2, -0.15) is 8.78 Å². The summed E-state index contributed by atoms with van der Waals surface area (Å²) in [5.41, 5.74) is 0. The highest BCUT2D eigenvalue weighted by Crippen LogP contribution is 2.12. The van der Waals surface area contributed by atoms with Crippen LogP contribution in [0.3, 0.4) is 0 Å². The second kappa shape index (κ2) is 6.66. The molecule has 0 radical (unpaired) electrons. The van der Waals surface area contributed by atoms with Gasteiger partial charge in [0.05, 0.1) is 13.2 Å². The van der Waals surface area contributed by atoms with Crippen LogP contribution in [0.15, 0.2) is 12.4 Å². The fourth-order valence-corrected chi connectivity index (χ4v) is 1.69. The van der Waals surface area contributed by atoms with Crippen LogP contribution in [-0.4, -0.2) is 27.3 Å². The molecule has 98 valence electrons. The predicted octanol–water partition coefficient (Wildman–Crippen LogP) is 1.77. The molecule has 1 aromatic heterocycles. The largest absolute Gasteiger partial charge is 0.395 e. The maximum Gasteiger partial charge on any atom is 0.319 e. The molecule has 17 heavy (non-hydrogen) atoms. The Morgan fingerprint density at radius 1 is 1.47 bits per heavy atom. The van der Waals surface area contributed by atoms with Crippen LogP contribution >= 0.6 is 0 Å². The number of nitrogens with one attached hydrogen (secondary N) is 1. The zero-order chi connectivity index (χ0) is 12.8. The van der Waals surface area contributed by atoms with Gasteiger partial charge in [0.15, 0.2) is 0 Å². The molecule has 0 aromatic carbocycles. The molecule has 1 atom stereocenters. The minimum Gasteiger partial charge on any atom is -0.395 e. The standard InChI is InChI=1S/C11H19F2N3O/c1-8(2)5-9(7-17)15-6-10-14-3-4-16(10)11(12)13/h3-4,8-9,11,15,17H,5-7H2,1-2H3. The van der Waals surface area contributed by atoms with Crippen molar-refractivity contribution in [3.8, 4) is 0 Å². The molecule has 0 spiro atoms. The number of imidazole rings is 1. The molecule has 1 unspecified atom stereocenters. The quantitative estimate of drug-likeness (QED) is 0.772. The molecule has 0 saturated heterocycles. The van der Waals surface area contributed by atoms with E-state index in [0.29, 0.717) is 5.92 Å². The smallest absolute Gasteiger partial charge is 0.319 e. The van der Waals surface area contributed by atoms with Crippen molar-refractivity contribution in [2.45, 2.75) is 39.4 Å². The van der Waals surface area contributed by atoms with Crippen LogP contribution in [-0.2, 0) is 6.54 Å². The van der Waals surface area contributed by atoms with Crippen molar-refractivity contribution >= 4 is 0 Å². The number of hydrogen-bond acceptors (Lipinski definition) is 3. The SMILES string of the molecule is CC(C)CC(CO)NCc1nccn1C(F)F. The molecular weight excluding hydrogens is 228 g/mol. The molecule has 1 heterocycles. The third kappa shape index (κ3) is 4.40. The maximum absolute atomic E-state index is 12.5. The fourth-order valence-electron chi connectivity index (χ4n) is 1.69. The number of hydrogen-bond donors (Lipinski definition) is 2. The van der Waals surface area contributed by atoms with Crippen LogP contribution in [0, 0.1) is 5.92 Å². The topological polar surface area (TPSA) is 50.1 Å². The first kappa shape index (κ1) is 14.1. The molecule has 2 N–H and O–H groups in total. The van der Waals surface area contributed by atoms with Gasteiger partial charge in [-0.3, -0.25) is 4.57 Å². The summed E-state index contributed by atoms with van der Waals surface area (Å²) in [6, 6.07) is -0.0853. The fraction of sp³-hybridized carbons (Fsp3) is 0.727. The summed E-state index contributed by atoms with van der Waals surface area (Å²) in [5.74, 6) is 0.719. The highest BCUT2D eigenvalue weighted by Gasteiger charge is 2.14. The van der Waals surface area contributed by atoms with E-state index in [2.05, 4.69) is 10.3 Å². The van der Waals surface area contributed by atoms with E-state index in [-0.39, 0.29) is 25.0 Å². The number of nitrogens with zero attached hydrogens (tertiary/aromatic N) is 2. The zero-order valence-electron chi connectivity index (χ0n) is 10.1. The van der Waals surface area contributed by atoms with Gasteiger partial charge in [0.1, 0.15) is 5.82 Å². The van der Waals surface area contributed by atoms with Gasteiger partial charge < -0.3 is 10.4 Å². The third-order valence-corrected chi connectivity index (χ3v) is 2.48. The Hall–Kier alpha value is -1.01. The van der Waals surface area contributed by atoms with Crippen LogP contribution in [0.5, 0.6) is 0 Å². The second-order valence-electron chi connectivity index (χ2n) is 4.42. The summed E-state index contributed by atoms with van der Waals surface area (Å²) >= 11 is 0. The number of aliphatic hydroxyl groups is 1. The Labute approximate surface area is 99.7 Å². The third-order valence-electron chi connectivity index (χ3n) is 2.48. The molecule has 0 aliphatic rings. The maximum atomic E-state index is 12.5. The lowest BCUT2D eigenvalue weighted by atomic mass is 10.0. The summed E-state index contributed by atoms with van der Waals surface area (Å²) in [6.07, 6.45) is 3.39. The first-order chi connectivity index (χ1) is 8.04. The predicted molar refractivity (Wildman–Crippen MR) is 60.6 cm³/mol. The number of aliphatic hydroxyl groups excluding tert-OH is 1. The van der Waals surface area contributed by atoms with E-state index in [0.717, 1.165) is 11.0 Å². The summed E-state index contributed by atoms with van der Waals surface area (Å²) < 4.78 is 25.9. The molecular formula is C11H19F2N3O. The van der Waals surface area contributed by atoms with E-state index in [4.69, 9.17) is 5.11 Å². The number of aromatic nitrogens is 2. The van der Waals surface area contributed by atoms with Crippen LogP contribution in [0.1, 0.15) is 32.6 Å². The Morgan fingerprint density at radius 2 is 2.18 bits per heavy atom. The summed E-state index contributed by atoms with van der Waals surface area (Å²) in [5, 5.41) is 12.2. The van der Waals surface area contributed by atoms with Crippen LogP contribution in [0.4, 0.5) is 8.78 Å². The Balaban J connectivity index is 2.50. The zero-order valence-corrected chi connectivity index (χ0v) is 10.1. The van der Waals surface area contributed by atoms with E-state index >= 15 is 0 Å². The highest BCUT2D eigenvalue weighted by atomic mass is 19.3. The van der Waals surface area contributed by atoms with E-state index in [9.17, 15) is 8.78 Å². The first-order valence-electron chi connectivity index (χ1n) is 5.68. The summed E-state index contributed by atoms with van der Waals surface area (Å²) in [6.45, 7) is 1.74. The van der Waals surface area contributed by atoms with E-state index in [1.54, 1.807) is 0 Å². The summed E-state index contributed by atoms with van der Waals surface area (Å²) in [7, 11) is 0. The molecule has 0 saturated carbocycles. The van der Waals surface area contributed by atoms with E-state index in [1.807, 2.05) is 13.8 Å². The monoisotopic (exact) mass is 247 g/mol. The van der Waals surface area contributed by atoms with Gasteiger partial charge in [0.25, 0.3) is 0 Å². The molecule has 0 aliphatic heterocycles. The number of alkyl halides is 2. The Kier molecular flexibility index (Phi) is 5.50. The van der Waals surface area contributed by atoms with Gasteiger partial charge in [-0.1, -0.05) is 13.8 Å². The van der Waals surface area contributed by atoms with Crippen molar-refractivity contribution in [1.29, 1.82) is 0 Å². The lowest BCUT2D eigenvalue weighted by Crippen LogP contribution is -2.34. The molecule has 1 rings (SSSR count). The van der Waals surface area contributed by atoms with Crippen molar-refractivity contribution in [2.75, 3.05) is 6.61 Å². The minimum atomic E-state index is -2.58. The molecule has 0 amide bonds. The molecule has 1 aromatic rings. The molecule has 0 fully saturated rings. The minimum absolute atomic E-state index is 0.00638. The lowest BCUT2D eigenvalue weighted by molar-refractivity contribution is 0.0662.